The van der Waals surface area contributed by atoms with Gasteiger partial charge in [-0.3, -0.25) is 4.79 Å². The molecule has 2 aliphatic rings. The minimum atomic E-state index is -0.927. The zero-order valence-corrected chi connectivity index (χ0v) is 22.5. The second-order valence-corrected chi connectivity index (χ2v) is 11.5. The minimum absolute atomic E-state index is 0.227. The summed E-state index contributed by atoms with van der Waals surface area (Å²) in [5.41, 5.74) is -1.08. The number of nitrogens with zero attached hydrogens (tertiary/aromatic N) is 2. The van der Waals surface area contributed by atoms with E-state index >= 15 is 0 Å². The lowest BCUT2D eigenvalue weighted by Gasteiger charge is -2.39. The predicted octanol–water partition coefficient (Wildman–Crippen LogP) is 5.14. The van der Waals surface area contributed by atoms with Gasteiger partial charge in [-0.1, -0.05) is 23.7 Å². The van der Waals surface area contributed by atoms with Gasteiger partial charge in [0.25, 0.3) is 0 Å². The summed E-state index contributed by atoms with van der Waals surface area (Å²) in [4.78, 5) is 37.7. The van der Waals surface area contributed by atoms with E-state index < -0.39 is 16.8 Å². The largest absolute Gasteiger partial charge is 0.444 e. The Morgan fingerprint density at radius 3 is 1.77 bits per heavy atom. The van der Waals surface area contributed by atoms with Gasteiger partial charge in [-0.25, -0.2) is 9.59 Å². The SMILES string of the molecule is CC(C)(C)OC(=O)N1CCC(=O)CC1.CC(C)(C)OC(=O)N1CCC(O)(c2cccc(Cl)c2)CC1. The molecule has 2 heterocycles. The van der Waals surface area contributed by atoms with Gasteiger partial charge in [0.15, 0.2) is 0 Å². The summed E-state index contributed by atoms with van der Waals surface area (Å²) < 4.78 is 10.5. The van der Waals surface area contributed by atoms with Crippen molar-refractivity contribution in [1.29, 1.82) is 0 Å². The fourth-order valence-corrected chi connectivity index (χ4v) is 3.91. The van der Waals surface area contributed by atoms with Crippen LogP contribution in [0.15, 0.2) is 24.3 Å². The van der Waals surface area contributed by atoms with Crippen LogP contribution in [0, 0.1) is 0 Å². The fourth-order valence-electron chi connectivity index (χ4n) is 3.72. The summed E-state index contributed by atoms with van der Waals surface area (Å²) >= 11 is 5.98. The second-order valence-electron chi connectivity index (χ2n) is 11.0. The van der Waals surface area contributed by atoms with Crippen molar-refractivity contribution in [2.75, 3.05) is 26.2 Å². The average Bonchev–Trinajstić information content (AvgIpc) is 2.73. The van der Waals surface area contributed by atoms with Crippen molar-refractivity contribution in [3.8, 4) is 0 Å². The van der Waals surface area contributed by atoms with Crippen LogP contribution in [0.4, 0.5) is 9.59 Å². The number of hydrogen-bond acceptors (Lipinski definition) is 6. The molecule has 1 N–H and O–H groups in total. The maximum Gasteiger partial charge on any atom is 0.410 e. The van der Waals surface area contributed by atoms with Crippen molar-refractivity contribution in [1.82, 2.24) is 9.80 Å². The first-order chi connectivity index (χ1) is 16.1. The van der Waals surface area contributed by atoms with Gasteiger partial charge in [0.1, 0.15) is 17.0 Å². The highest BCUT2D eigenvalue weighted by atomic mass is 35.5. The molecular formula is C26H39ClN2O6. The van der Waals surface area contributed by atoms with Crippen molar-refractivity contribution in [2.45, 2.75) is 84.0 Å². The van der Waals surface area contributed by atoms with E-state index in [1.54, 1.807) is 21.9 Å². The van der Waals surface area contributed by atoms with Crippen LogP contribution in [0.5, 0.6) is 0 Å². The first-order valence-electron chi connectivity index (χ1n) is 12.0. The third kappa shape index (κ3) is 9.68. The van der Waals surface area contributed by atoms with E-state index in [0.29, 0.717) is 56.9 Å². The van der Waals surface area contributed by atoms with Crippen LogP contribution < -0.4 is 0 Å². The van der Waals surface area contributed by atoms with Crippen molar-refractivity contribution in [2.24, 2.45) is 0 Å². The smallest absolute Gasteiger partial charge is 0.410 e. The van der Waals surface area contributed by atoms with E-state index in [4.69, 9.17) is 21.1 Å². The topological polar surface area (TPSA) is 96.4 Å². The molecule has 0 aliphatic carbocycles. The Bertz CT molecular complexity index is 888. The Balaban J connectivity index is 0.000000269. The van der Waals surface area contributed by atoms with E-state index in [-0.39, 0.29) is 18.0 Å². The molecule has 0 saturated carbocycles. The lowest BCUT2D eigenvalue weighted by molar-refractivity contribution is -0.121. The third-order valence-electron chi connectivity index (χ3n) is 5.58. The number of Topliss-reactive ketones (excluding diaryl/α,β-unsaturated/α-hetero) is 1. The quantitative estimate of drug-likeness (QED) is 0.561. The number of aliphatic hydroxyl groups is 1. The molecule has 3 rings (SSSR count). The lowest BCUT2D eigenvalue weighted by Crippen LogP contribution is -2.46. The number of hydrogen-bond donors (Lipinski definition) is 1. The van der Waals surface area contributed by atoms with Gasteiger partial charge in [-0.05, 0) is 72.1 Å². The molecule has 0 aromatic heterocycles. The summed E-state index contributed by atoms with van der Waals surface area (Å²) in [7, 11) is 0. The fraction of sp³-hybridized carbons (Fsp3) is 0.654. The number of carbonyl (C=O) groups excluding carboxylic acids is 3. The highest BCUT2D eigenvalue weighted by molar-refractivity contribution is 6.30. The molecular weight excluding hydrogens is 472 g/mol. The number of carbonyl (C=O) groups is 3. The number of rotatable bonds is 1. The van der Waals surface area contributed by atoms with Crippen molar-refractivity contribution in [3.63, 3.8) is 0 Å². The highest BCUT2D eigenvalue weighted by Gasteiger charge is 2.36. The Kier molecular flexibility index (Phi) is 9.59. The summed E-state index contributed by atoms with van der Waals surface area (Å²) in [6.07, 6.45) is 1.23. The maximum atomic E-state index is 12.0. The van der Waals surface area contributed by atoms with E-state index in [0.717, 1.165) is 5.56 Å². The summed E-state index contributed by atoms with van der Waals surface area (Å²) in [6, 6.07) is 7.26. The van der Waals surface area contributed by atoms with Crippen LogP contribution in [0.3, 0.4) is 0 Å². The molecule has 2 fully saturated rings. The average molecular weight is 511 g/mol. The second kappa shape index (κ2) is 11.6. The van der Waals surface area contributed by atoms with Gasteiger partial charge < -0.3 is 24.4 Å². The van der Waals surface area contributed by atoms with E-state index in [1.165, 1.54) is 0 Å². The summed E-state index contributed by atoms with van der Waals surface area (Å²) in [5.74, 6) is 0.227. The number of amides is 2. The molecule has 35 heavy (non-hydrogen) atoms. The van der Waals surface area contributed by atoms with Gasteiger partial charge in [0.2, 0.25) is 0 Å². The van der Waals surface area contributed by atoms with Crippen molar-refractivity contribution in [3.05, 3.63) is 34.9 Å². The zero-order valence-electron chi connectivity index (χ0n) is 21.7. The van der Waals surface area contributed by atoms with Gasteiger partial charge >= 0.3 is 12.2 Å². The van der Waals surface area contributed by atoms with Crippen molar-refractivity contribution < 1.29 is 29.0 Å². The molecule has 0 atom stereocenters. The highest BCUT2D eigenvalue weighted by Crippen LogP contribution is 2.34. The van der Waals surface area contributed by atoms with Crippen LogP contribution in [0.2, 0.25) is 5.02 Å². The normalized spacial score (nSPS) is 18.3. The molecule has 0 radical (unpaired) electrons. The molecule has 0 bridgehead atoms. The lowest BCUT2D eigenvalue weighted by atomic mass is 9.84. The molecule has 2 aliphatic heterocycles. The Labute approximate surface area is 213 Å². The first-order valence-corrected chi connectivity index (χ1v) is 12.4. The number of benzene rings is 1. The van der Waals surface area contributed by atoms with Gasteiger partial charge in [0.05, 0.1) is 5.60 Å². The molecule has 1 aromatic carbocycles. The zero-order chi connectivity index (χ0) is 26.4. The number of ether oxygens (including phenoxy) is 2. The standard InChI is InChI=1S/C16H22ClNO3.C10H17NO3/c1-15(2,3)21-14(19)18-9-7-16(20,8-10-18)12-5-4-6-13(17)11-12;1-10(2,3)14-9(13)11-6-4-8(12)5-7-11/h4-6,11,20H,7-10H2,1-3H3;4-7H2,1-3H3. The predicted molar refractivity (Wildman–Crippen MR) is 134 cm³/mol. The number of halogens is 1. The molecule has 9 heteroatoms. The van der Waals surface area contributed by atoms with Gasteiger partial charge in [0, 0.05) is 44.0 Å². The first kappa shape index (κ1) is 28.9. The molecule has 0 unspecified atom stereocenters. The minimum Gasteiger partial charge on any atom is -0.444 e. The molecule has 0 spiro atoms. The summed E-state index contributed by atoms with van der Waals surface area (Å²) in [6.45, 7) is 13.0. The summed E-state index contributed by atoms with van der Waals surface area (Å²) in [5, 5.41) is 11.4. The van der Waals surface area contributed by atoms with Crippen molar-refractivity contribution >= 4 is 29.6 Å². The van der Waals surface area contributed by atoms with E-state index in [2.05, 4.69) is 0 Å². The Morgan fingerprint density at radius 1 is 0.886 bits per heavy atom. The maximum absolute atomic E-state index is 12.0. The third-order valence-corrected chi connectivity index (χ3v) is 5.81. The van der Waals surface area contributed by atoms with Crippen LogP contribution in [0.1, 0.15) is 72.8 Å². The van der Waals surface area contributed by atoms with Crippen LogP contribution in [0.25, 0.3) is 0 Å². The number of ketones is 1. The molecule has 2 amide bonds. The molecule has 8 nitrogen and oxygen atoms in total. The molecule has 196 valence electrons. The number of likely N-dealkylation sites (tertiary alicyclic amines) is 2. The van der Waals surface area contributed by atoms with E-state index in [9.17, 15) is 19.5 Å². The Morgan fingerprint density at radius 2 is 1.34 bits per heavy atom. The molecule has 2 saturated heterocycles. The van der Waals surface area contributed by atoms with Gasteiger partial charge in [-0.2, -0.15) is 0 Å². The number of piperidine rings is 2. The van der Waals surface area contributed by atoms with Crippen LogP contribution in [-0.4, -0.2) is 70.3 Å². The van der Waals surface area contributed by atoms with Crippen LogP contribution >= 0.6 is 11.6 Å². The van der Waals surface area contributed by atoms with Gasteiger partial charge in [-0.15, -0.1) is 0 Å². The van der Waals surface area contributed by atoms with E-state index in [1.807, 2.05) is 53.7 Å². The Hall–Kier alpha value is -2.32. The van der Waals surface area contributed by atoms with Crippen LogP contribution in [-0.2, 0) is 19.9 Å². The monoisotopic (exact) mass is 510 g/mol. The molecule has 1 aromatic rings.